The third kappa shape index (κ3) is 2.12. The van der Waals surface area contributed by atoms with Gasteiger partial charge in [0.2, 0.25) is 0 Å². The van der Waals surface area contributed by atoms with Crippen LogP contribution in [-0.4, -0.2) is 11.1 Å². The van der Waals surface area contributed by atoms with Gasteiger partial charge in [0, 0.05) is 4.47 Å². The van der Waals surface area contributed by atoms with Gasteiger partial charge in [-0.05, 0) is 37.1 Å². The van der Waals surface area contributed by atoms with Crippen LogP contribution < -0.4 is 0 Å². The number of carboxylic acids is 1. The van der Waals surface area contributed by atoms with E-state index in [9.17, 15) is 9.18 Å². The van der Waals surface area contributed by atoms with E-state index in [1.807, 2.05) is 0 Å². The molecule has 0 aliphatic heterocycles. The van der Waals surface area contributed by atoms with E-state index in [1.54, 1.807) is 6.92 Å². The second kappa shape index (κ2) is 4.09. The summed E-state index contributed by atoms with van der Waals surface area (Å²) in [6.45, 7) is 3.30. The second-order valence-corrected chi connectivity index (χ2v) is 4.02. The third-order valence-electron chi connectivity index (χ3n) is 2.19. The Morgan fingerprint density at radius 1 is 1.57 bits per heavy atom. The molecule has 76 valence electrons. The van der Waals surface area contributed by atoms with Crippen LogP contribution in [0.2, 0.25) is 0 Å². The van der Waals surface area contributed by atoms with Crippen molar-refractivity contribution in [1.82, 2.24) is 0 Å². The Bertz CT molecular complexity index is 377. The average molecular weight is 261 g/mol. The number of halogens is 2. The Labute approximate surface area is 89.9 Å². The normalized spacial score (nSPS) is 12.6. The van der Waals surface area contributed by atoms with E-state index in [4.69, 9.17) is 5.11 Å². The van der Waals surface area contributed by atoms with Crippen LogP contribution in [0.5, 0.6) is 0 Å². The highest BCUT2D eigenvalue weighted by Gasteiger charge is 2.18. The van der Waals surface area contributed by atoms with Gasteiger partial charge in [-0.3, -0.25) is 4.79 Å². The van der Waals surface area contributed by atoms with Gasteiger partial charge in [0.15, 0.2) is 0 Å². The van der Waals surface area contributed by atoms with Gasteiger partial charge in [0.05, 0.1) is 5.92 Å². The van der Waals surface area contributed by atoms with Crippen molar-refractivity contribution in [3.05, 3.63) is 33.5 Å². The maximum absolute atomic E-state index is 13.0. The molecule has 0 bridgehead atoms. The van der Waals surface area contributed by atoms with Crippen LogP contribution in [-0.2, 0) is 4.79 Å². The van der Waals surface area contributed by atoms with Crippen LogP contribution in [0.1, 0.15) is 24.0 Å². The van der Waals surface area contributed by atoms with Crippen molar-refractivity contribution in [2.24, 2.45) is 0 Å². The van der Waals surface area contributed by atoms with E-state index >= 15 is 0 Å². The molecule has 0 radical (unpaired) electrons. The van der Waals surface area contributed by atoms with Gasteiger partial charge < -0.3 is 5.11 Å². The van der Waals surface area contributed by atoms with Gasteiger partial charge in [-0.25, -0.2) is 4.39 Å². The molecular formula is C10H10BrFO2. The number of carboxylic acid groups (broad SMARTS) is 1. The van der Waals surface area contributed by atoms with E-state index in [1.165, 1.54) is 19.1 Å². The van der Waals surface area contributed by atoms with Crippen molar-refractivity contribution >= 4 is 21.9 Å². The van der Waals surface area contributed by atoms with Crippen molar-refractivity contribution in [3.63, 3.8) is 0 Å². The summed E-state index contributed by atoms with van der Waals surface area (Å²) < 4.78 is 13.6. The summed E-state index contributed by atoms with van der Waals surface area (Å²) in [5.74, 6) is -2.07. The van der Waals surface area contributed by atoms with Crippen LogP contribution in [0.4, 0.5) is 4.39 Å². The fourth-order valence-electron chi connectivity index (χ4n) is 1.25. The van der Waals surface area contributed by atoms with Crippen LogP contribution in [0, 0.1) is 12.7 Å². The standard InChI is InChI=1S/C10H10BrFO2/c1-5-8(6(2)10(13)14)3-7(12)4-9(5)11/h3-4,6H,1-2H3,(H,13,14). The van der Waals surface area contributed by atoms with E-state index in [-0.39, 0.29) is 0 Å². The molecule has 14 heavy (non-hydrogen) atoms. The maximum Gasteiger partial charge on any atom is 0.310 e. The van der Waals surface area contributed by atoms with Crippen molar-refractivity contribution in [1.29, 1.82) is 0 Å². The van der Waals surface area contributed by atoms with Gasteiger partial charge in [-0.1, -0.05) is 15.9 Å². The SMILES string of the molecule is Cc1c(Br)cc(F)cc1C(C)C(=O)O. The molecule has 1 rings (SSSR count). The Morgan fingerprint density at radius 2 is 2.14 bits per heavy atom. The van der Waals surface area contributed by atoms with E-state index in [0.717, 1.165) is 5.56 Å². The molecule has 0 aliphatic rings. The van der Waals surface area contributed by atoms with Crippen molar-refractivity contribution in [2.45, 2.75) is 19.8 Å². The molecule has 0 aromatic heterocycles. The number of carbonyl (C=O) groups is 1. The minimum atomic E-state index is -0.953. The highest BCUT2D eigenvalue weighted by molar-refractivity contribution is 9.10. The molecule has 1 unspecified atom stereocenters. The molecule has 1 aromatic carbocycles. The van der Waals surface area contributed by atoms with Gasteiger partial charge >= 0.3 is 5.97 Å². The summed E-state index contributed by atoms with van der Waals surface area (Å²) in [6.07, 6.45) is 0. The molecule has 0 amide bonds. The zero-order valence-corrected chi connectivity index (χ0v) is 9.43. The average Bonchev–Trinajstić information content (AvgIpc) is 2.09. The monoisotopic (exact) mass is 260 g/mol. The van der Waals surface area contributed by atoms with Crippen molar-refractivity contribution in [2.75, 3.05) is 0 Å². The molecule has 0 fully saturated rings. The van der Waals surface area contributed by atoms with Gasteiger partial charge in [-0.2, -0.15) is 0 Å². The summed E-state index contributed by atoms with van der Waals surface area (Å²) in [5, 5.41) is 8.80. The van der Waals surface area contributed by atoms with Crippen LogP contribution in [0.25, 0.3) is 0 Å². The summed E-state index contributed by atoms with van der Waals surface area (Å²) in [7, 11) is 0. The first-order valence-electron chi connectivity index (χ1n) is 4.12. The minimum Gasteiger partial charge on any atom is -0.481 e. The molecule has 0 aliphatic carbocycles. The summed E-state index contributed by atoms with van der Waals surface area (Å²) in [5.41, 5.74) is 1.27. The fraction of sp³-hybridized carbons (Fsp3) is 0.300. The first-order chi connectivity index (χ1) is 6.43. The minimum absolute atomic E-state index is 0.425. The first-order valence-corrected chi connectivity index (χ1v) is 4.91. The lowest BCUT2D eigenvalue weighted by molar-refractivity contribution is -0.138. The Hall–Kier alpha value is -0.900. The third-order valence-corrected chi connectivity index (χ3v) is 3.01. The number of benzene rings is 1. The highest BCUT2D eigenvalue weighted by atomic mass is 79.9. The van der Waals surface area contributed by atoms with Gasteiger partial charge in [-0.15, -0.1) is 0 Å². The molecule has 0 spiro atoms. The lowest BCUT2D eigenvalue weighted by atomic mass is 9.96. The lowest BCUT2D eigenvalue weighted by Crippen LogP contribution is -2.09. The number of hydrogen-bond donors (Lipinski definition) is 1. The molecule has 0 heterocycles. The largest absolute Gasteiger partial charge is 0.481 e. The van der Waals surface area contributed by atoms with Crippen molar-refractivity contribution < 1.29 is 14.3 Å². The number of rotatable bonds is 2. The van der Waals surface area contributed by atoms with Gasteiger partial charge in [0.1, 0.15) is 5.82 Å². The summed E-state index contributed by atoms with van der Waals surface area (Å²) in [4.78, 5) is 10.7. The van der Waals surface area contributed by atoms with Gasteiger partial charge in [0.25, 0.3) is 0 Å². The second-order valence-electron chi connectivity index (χ2n) is 3.16. The smallest absolute Gasteiger partial charge is 0.310 e. The quantitative estimate of drug-likeness (QED) is 0.888. The predicted molar refractivity (Wildman–Crippen MR) is 54.9 cm³/mol. The topological polar surface area (TPSA) is 37.3 Å². The molecule has 0 saturated heterocycles. The Kier molecular flexibility index (Phi) is 3.26. The summed E-state index contributed by atoms with van der Waals surface area (Å²) >= 11 is 3.18. The first kappa shape index (κ1) is 11.2. The molecular weight excluding hydrogens is 251 g/mol. The number of aliphatic carboxylic acids is 1. The van der Waals surface area contributed by atoms with E-state index in [2.05, 4.69) is 15.9 Å². The predicted octanol–water partition coefficient (Wildman–Crippen LogP) is 3.08. The fourth-order valence-corrected chi connectivity index (χ4v) is 1.70. The molecule has 4 heteroatoms. The van der Waals surface area contributed by atoms with E-state index < -0.39 is 17.7 Å². The summed E-state index contributed by atoms with van der Waals surface area (Å²) in [6, 6.07) is 2.59. The molecule has 2 nitrogen and oxygen atoms in total. The molecule has 1 atom stereocenters. The Morgan fingerprint density at radius 3 is 2.64 bits per heavy atom. The molecule has 1 N–H and O–H groups in total. The lowest BCUT2D eigenvalue weighted by Gasteiger charge is -2.11. The van der Waals surface area contributed by atoms with Crippen molar-refractivity contribution in [3.8, 4) is 0 Å². The Balaban J connectivity index is 3.26. The molecule has 1 aromatic rings. The zero-order chi connectivity index (χ0) is 10.9. The maximum atomic E-state index is 13.0. The zero-order valence-electron chi connectivity index (χ0n) is 7.84. The molecule has 0 saturated carbocycles. The number of hydrogen-bond acceptors (Lipinski definition) is 1. The van der Waals surface area contributed by atoms with Crippen LogP contribution >= 0.6 is 15.9 Å². The van der Waals surface area contributed by atoms with Crippen LogP contribution in [0.3, 0.4) is 0 Å². The van der Waals surface area contributed by atoms with E-state index in [0.29, 0.717) is 10.0 Å². The highest BCUT2D eigenvalue weighted by Crippen LogP contribution is 2.27. The van der Waals surface area contributed by atoms with Crippen LogP contribution in [0.15, 0.2) is 16.6 Å².